The summed E-state index contributed by atoms with van der Waals surface area (Å²) >= 11 is 0. The van der Waals surface area contributed by atoms with Crippen molar-refractivity contribution in [1.82, 2.24) is 15.6 Å². The van der Waals surface area contributed by atoms with Crippen LogP contribution in [0.5, 0.6) is 0 Å². The molecule has 0 aliphatic rings. The molecule has 24 heavy (non-hydrogen) atoms. The highest BCUT2D eigenvalue weighted by Gasteiger charge is 2.10. The highest BCUT2D eigenvalue weighted by Crippen LogP contribution is 2.18. The van der Waals surface area contributed by atoms with Crippen LogP contribution in [0.2, 0.25) is 0 Å². The van der Waals surface area contributed by atoms with Gasteiger partial charge in [-0.3, -0.25) is 9.89 Å². The number of hydrogen-bond acceptors (Lipinski definition) is 4. The molecule has 6 nitrogen and oxygen atoms in total. The van der Waals surface area contributed by atoms with Gasteiger partial charge in [0.15, 0.2) is 0 Å². The summed E-state index contributed by atoms with van der Waals surface area (Å²) < 4.78 is 5.13. The van der Waals surface area contributed by atoms with Gasteiger partial charge < -0.3 is 4.42 Å². The minimum atomic E-state index is -0.358. The van der Waals surface area contributed by atoms with E-state index in [1.165, 1.54) is 11.8 Å². The van der Waals surface area contributed by atoms with Crippen LogP contribution in [0.1, 0.15) is 21.8 Å². The molecule has 2 aromatic heterocycles. The molecule has 120 valence electrons. The van der Waals surface area contributed by atoms with Gasteiger partial charge in [0, 0.05) is 11.8 Å². The maximum absolute atomic E-state index is 12.0. The summed E-state index contributed by atoms with van der Waals surface area (Å²) in [5, 5.41) is 10.7. The number of nitrogens with one attached hydrogen (secondary N) is 2. The average Bonchev–Trinajstić information content (AvgIpc) is 3.27. The summed E-state index contributed by atoms with van der Waals surface area (Å²) in [7, 11) is 0. The van der Waals surface area contributed by atoms with Gasteiger partial charge in [0.1, 0.15) is 11.5 Å². The number of carbonyl (C=O) groups is 1. The minimum absolute atomic E-state index is 0.345. The van der Waals surface area contributed by atoms with Crippen molar-refractivity contribution in [3.8, 4) is 11.3 Å². The third-order valence-corrected chi connectivity index (χ3v) is 3.30. The predicted octanol–water partition coefficient (Wildman–Crippen LogP) is 3.41. The van der Waals surface area contributed by atoms with E-state index < -0.39 is 0 Å². The molecule has 1 aromatic carbocycles. The number of hydrogen-bond donors (Lipinski definition) is 2. The fourth-order valence-electron chi connectivity index (χ4n) is 2.03. The molecular formula is C18H16N4O2. The van der Waals surface area contributed by atoms with E-state index in [0.29, 0.717) is 17.1 Å². The van der Waals surface area contributed by atoms with Crippen LogP contribution in [0.4, 0.5) is 0 Å². The van der Waals surface area contributed by atoms with Crippen LogP contribution in [-0.4, -0.2) is 22.3 Å². The highest BCUT2D eigenvalue weighted by atomic mass is 16.3. The van der Waals surface area contributed by atoms with Crippen molar-refractivity contribution in [2.45, 2.75) is 6.92 Å². The standard InChI is InChI=1S/C18H16N4O2/c1-13-6-8-14(9-7-13)16-12-17(21-20-16)18(23)22-19-10-2-4-15-5-3-11-24-15/h2-12H,1H3,(H,20,21)(H,22,23)/b4-2+,19-10-. The lowest BCUT2D eigenvalue weighted by Gasteiger charge is -1.96. The van der Waals surface area contributed by atoms with Gasteiger partial charge in [0.25, 0.3) is 5.91 Å². The lowest BCUT2D eigenvalue weighted by molar-refractivity contribution is 0.0950. The van der Waals surface area contributed by atoms with E-state index in [4.69, 9.17) is 4.42 Å². The first-order chi connectivity index (χ1) is 11.7. The maximum Gasteiger partial charge on any atom is 0.289 e. The molecule has 0 fully saturated rings. The van der Waals surface area contributed by atoms with Gasteiger partial charge in [-0.2, -0.15) is 10.2 Å². The summed E-state index contributed by atoms with van der Waals surface area (Å²) in [6, 6.07) is 13.2. The summed E-state index contributed by atoms with van der Waals surface area (Å²) in [4.78, 5) is 12.0. The third-order valence-electron chi connectivity index (χ3n) is 3.30. The second kappa shape index (κ2) is 7.23. The fourth-order valence-corrected chi connectivity index (χ4v) is 2.03. The Morgan fingerprint density at radius 1 is 1.29 bits per heavy atom. The first kappa shape index (κ1) is 15.5. The Morgan fingerprint density at radius 2 is 2.12 bits per heavy atom. The minimum Gasteiger partial charge on any atom is -0.465 e. The van der Waals surface area contributed by atoms with Crippen LogP contribution < -0.4 is 5.43 Å². The number of hydrazone groups is 1. The zero-order valence-electron chi connectivity index (χ0n) is 13.1. The number of aryl methyl sites for hydroxylation is 1. The van der Waals surface area contributed by atoms with Gasteiger partial charge in [-0.25, -0.2) is 5.43 Å². The fraction of sp³-hybridized carbons (Fsp3) is 0.0556. The molecule has 1 amide bonds. The summed E-state index contributed by atoms with van der Waals surface area (Å²) in [6.07, 6.45) is 6.46. The number of nitrogens with zero attached hydrogens (tertiary/aromatic N) is 2. The SMILES string of the molecule is Cc1ccc(-c2cc(C(=O)N/N=C\C=C\c3ccco3)[nH]n2)cc1. The number of carbonyl (C=O) groups excluding carboxylic acids is 1. The van der Waals surface area contributed by atoms with Crippen LogP contribution >= 0.6 is 0 Å². The van der Waals surface area contributed by atoms with E-state index >= 15 is 0 Å². The summed E-state index contributed by atoms with van der Waals surface area (Å²) in [5.74, 6) is 0.354. The molecule has 2 N–H and O–H groups in total. The number of allylic oxidation sites excluding steroid dienone is 1. The first-order valence-electron chi connectivity index (χ1n) is 7.38. The largest absolute Gasteiger partial charge is 0.465 e. The average molecular weight is 320 g/mol. The Labute approximate surface area is 138 Å². The van der Waals surface area contributed by atoms with E-state index in [-0.39, 0.29) is 5.91 Å². The molecule has 0 spiro atoms. The maximum atomic E-state index is 12.0. The lowest BCUT2D eigenvalue weighted by Crippen LogP contribution is -2.17. The number of aromatic nitrogens is 2. The van der Waals surface area contributed by atoms with Gasteiger partial charge >= 0.3 is 0 Å². The molecule has 0 bridgehead atoms. The smallest absolute Gasteiger partial charge is 0.289 e. The van der Waals surface area contributed by atoms with Crippen LogP contribution in [0.25, 0.3) is 17.3 Å². The van der Waals surface area contributed by atoms with Crippen molar-refractivity contribution in [2.24, 2.45) is 5.10 Å². The molecular weight excluding hydrogens is 304 g/mol. The molecule has 3 aromatic rings. The van der Waals surface area contributed by atoms with E-state index in [9.17, 15) is 4.79 Å². The topological polar surface area (TPSA) is 83.3 Å². The molecule has 0 radical (unpaired) electrons. The lowest BCUT2D eigenvalue weighted by atomic mass is 10.1. The summed E-state index contributed by atoms with van der Waals surface area (Å²) in [5.41, 5.74) is 5.60. The van der Waals surface area contributed by atoms with Crippen LogP contribution in [0, 0.1) is 6.92 Å². The van der Waals surface area contributed by atoms with Crippen molar-refractivity contribution in [2.75, 3.05) is 0 Å². The number of aromatic amines is 1. The van der Waals surface area contributed by atoms with E-state index in [0.717, 1.165) is 5.56 Å². The van der Waals surface area contributed by atoms with Gasteiger partial charge in [0.2, 0.25) is 0 Å². The molecule has 0 saturated carbocycles. The molecule has 0 atom stereocenters. The number of furan rings is 1. The third kappa shape index (κ3) is 3.86. The van der Waals surface area contributed by atoms with Crippen molar-refractivity contribution in [1.29, 1.82) is 0 Å². The Bertz CT molecular complexity index is 859. The molecule has 0 aliphatic carbocycles. The molecule has 3 rings (SSSR count). The number of rotatable bonds is 5. The van der Waals surface area contributed by atoms with Gasteiger partial charge in [-0.05, 0) is 37.3 Å². The highest BCUT2D eigenvalue weighted by molar-refractivity contribution is 5.93. The second-order valence-corrected chi connectivity index (χ2v) is 5.13. The van der Waals surface area contributed by atoms with Gasteiger partial charge in [-0.1, -0.05) is 29.8 Å². The quantitative estimate of drug-likeness (QED) is 0.558. The molecule has 6 heteroatoms. The summed E-state index contributed by atoms with van der Waals surface area (Å²) in [6.45, 7) is 2.02. The van der Waals surface area contributed by atoms with Crippen molar-refractivity contribution >= 4 is 18.2 Å². The van der Waals surface area contributed by atoms with Crippen LogP contribution in [0.15, 0.2) is 64.3 Å². The van der Waals surface area contributed by atoms with Crippen molar-refractivity contribution in [3.63, 3.8) is 0 Å². The molecule has 0 aliphatic heterocycles. The van der Waals surface area contributed by atoms with Crippen molar-refractivity contribution in [3.05, 3.63) is 71.8 Å². The second-order valence-electron chi connectivity index (χ2n) is 5.13. The first-order valence-corrected chi connectivity index (χ1v) is 7.38. The zero-order chi connectivity index (χ0) is 16.8. The van der Waals surface area contributed by atoms with Crippen molar-refractivity contribution < 1.29 is 9.21 Å². The number of amides is 1. The predicted molar refractivity (Wildman–Crippen MR) is 92.5 cm³/mol. The molecule has 0 saturated heterocycles. The Kier molecular flexibility index (Phi) is 4.67. The van der Waals surface area contributed by atoms with E-state index in [2.05, 4.69) is 20.7 Å². The Balaban J connectivity index is 1.58. The molecule has 0 unspecified atom stereocenters. The Morgan fingerprint density at radius 3 is 2.88 bits per heavy atom. The van der Waals surface area contributed by atoms with Gasteiger partial charge in [0.05, 0.1) is 12.0 Å². The van der Waals surface area contributed by atoms with Crippen LogP contribution in [-0.2, 0) is 0 Å². The van der Waals surface area contributed by atoms with Crippen LogP contribution in [0.3, 0.4) is 0 Å². The number of benzene rings is 1. The number of H-pyrrole nitrogens is 1. The van der Waals surface area contributed by atoms with E-state index in [1.54, 1.807) is 30.5 Å². The van der Waals surface area contributed by atoms with Gasteiger partial charge in [-0.15, -0.1) is 0 Å². The van der Waals surface area contributed by atoms with E-state index in [1.807, 2.05) is 37.3 Å². The zero-order valence-corrected chi connectivity index (χ0v) is 13.1. The monoisotopic (exact) mass is 320 g/mol. The molecule has 2 heterocycles. The normalized spacial score (nSPS) is 11.4. The Hall–Kier alpha value is -3.41.